The predicted octanol–water partition coefficient (Wildman–Crippen LogP) is 1.30. The van der Waals surface area contributed by atoms with Crippen LogP contribution in [-0.2, 0) is 0 Å². The Kier molecular flexibility index (Phi) is 4.71. The minimum atomic E-state index is -1.33. The molecule has 5 heteroatoms. The number of phenols is 1. The van der Waals surface area contributed by atoms with Crippen molar-refractivity contribution in [2.45, 2.75) is 4.90 Å². The van der Waals surface area contributed by atoms with Crippen LogP contribution in [0, 0.1) is 0 Å². The first-order valence-electron chi connectivity index (χ1n) is 2.99. The van der Waals surface area contributed by atoms with E-state index in [1.54, 1.807) is 18.2 Å². The molecule has 0 aliphatic rings. The molecular weight excluding hydrogens is 178 g/mol. The topological polar surface area (TPSA) is 83.6 Å². The van der Waals surface area contributed by atoms with Crippen molar-refractivity contribution in [3.05, 3.63) is 24.3 Å². The zero-order chi connectivity index (χ0) is 9.56. The first-order valence-corrected chi connectivity index (χ1v) is 3.44. The maximum Gasteiger partial charge on any atom is 0.402 e. The summed E-state index contributed by atoms with van der Waals surface area (Å²) in [7, 11) is 0. The molecule has 0 radical (unpaired) electrons. The monoisotopic (exact) mass is 187 g/mol. The van der Waals surface area contributed by atoms with Crippen molar-refractivity contribution in [2.24, 2.45) is 5.73 Å². The third-order valence-electron chi connectivity index (χ3n) is 0.882. The SMILES string of the molecule is NC(=O)O.Oc1ccccc1S. The molecule has 66 valence electrons. The van der Waals surface area contributed by atoms with Crippen LogP contribution in [0.4, 0.5) is 4.79 Å². The average molecular weight is 187 g/mol. The van der Waals surface area contributed by atoms with E-state index in [-0.39, 0.29) is 5.75 Å². The summed E-state index contributed by atoms with van der Waals surface area (Å²) in [5.41, 5.74) is 4.03. The molecule has 0 atom stereocenters. The van der Waals surface area contributed by atoms with Crippen LogP contribution in [0.5, 0.6) is 5.75 Å². The Hall–Kier alpha value is -1.36. The molecule has 0 aromatic heterocycles. The molecule has 12 heavy (non-hydrogen) atoms. The summed E-state index contributed by atoms with van der Waals surface area (Å²) < 4.78 is 0. The van der Waals surface area contributed by atoms with E-state index < -0.39 is 6.09 Å². The quantitative estimate of drug-likeness (QED) is 0.462. The third kappa shape index (κ3) is 5.43. The minimum Gasteiger partial charge on any atom is -0.507 e. The van der Waals surface area contributed by atoms with E-state index >= 15 is 0 Å². The van der Waals surface area contributed by atoms with Crippen molar-refractivity contribution in [3.63, 3.8) is 0 Å². The van der Waals surface area contributed by atoms with Gasteiger partial charge in [-0.1, -0.05) is 12.1 Å². The highest BCUT2D eigenvalue weighted by molar-refractivity contribution is 7.80. The van der Waals surface area contributed by atoms with Gasteiger partial charge in [-0.3, -0.25) is 0 Å². The first-order chi connectivity index (χ1) is 5.54. The molecule has 0 unspecified atom stereocenters. The standard InChI is InChI=1S/C6H6OS.CH3NO2/c7-5-3-1-2-4-6(5)8;2-1(3)4/h1-4,7-8H;2H2,(H,3,4). The molecule has 0 spiro atoms. The summed E-state index contributed by atoms with van der Waals surface area (Å²) in [6.07, 6.45) is -1.33. The van der Waals surface area contributed by atoms with Gasteiger partial charge in [0.2, 0.25) is 0 Å². The lowest BCUT2D eigenvalue weighted by atomic mass is 10.3. The number of aromatic hydroxyl groups is 1. The minimum absolute atomic E-state index is 0.232. The maximum absolute atomic E-state index is 8.84. The zero-order valence-electron chi connectivity index (χ0n) is 6.14. The molecule has 0 saturated heterocycles. The first kappa shape index (κ1) is 10.6. The van der Waals surface area contributed by atoms with Gasteiger partial charge in [0.25, 0.3) is 0 Å². The van der Waals surface area contributed by atoms with E-state index in [0.717, 1.165) is 0 Å². The largest absolute Gasteiger partial charge is 0.507 e. The molecule has 4 N–H and O–H groups in total. The van der Waals surface area contributed by atoms with E-state index in [0.29, 0.717) is 4.90 Å². The molecule has 1 rings (SSSR count). The highest BCUT2D eigenvalue weighted by Crippen LogP contribution is 2.18. The molecular formula is C7H9NO3S. The van der Waals surface area contributed by atoms with Crippen LogP contribution in [0.15, 0.2) is 29.2 Å². The Morgan fingerprint density at radius 2 is 1.83 bits per heavy atom. The van der Waals surface area contributed by atoms with Gasteiger partial charge in [-0.2, -0.15) is 0 Å². The van der Waals surface area contributed by atoms with Gasteiger partial charge in [0.05, 0.1) is 0 Å². The van der Waals surface area contributed by atoms with Crippen LogP contribution in [0.1, 0.15) is 0 Å². The lowest BCUT2D eigenvalue weighted by Gasteiger charge is -1.91. The summed E-state index contributed by atoms with van der Waals surface area (Å²) in [5, 5.41) is 16.0. The maximum atomic E-state index is 8.84. The fraction of sp³-hybridized carbons (Fsp3) is 0. The summed E-state index contributed by atoms with van der Waals surface area (Å²) in [4.78, 5) is 9.40. The number of amides is 1. The van der Waals surface area contributed by atoms with Gasteiger partial charge in [-0.25, -0.2) is 4.79 Å². The molecule has 1 aromatic carbocycles. The van der Waals surface area contributed by atoms with Crippen molar-refractivity contribution >= 4 is 18.7 Å². The number of para-hydroxylation sites is 1. The number of hydrogen-bond acceptors (Lipinski definition) is 3. The number of nitrogens with two attached hydrogens (primary N) is 1. The summed E-state index contributed by atoms with van der Waals surface area (Å²) >= 11 is 3.95. The van der Waals surface area contributed by atoms with E-state index in [1.807, 2.05) is 6.07 Å². The second-order valence-electron chi connectivity index (χ2n) is 1.83. The third-order valence-corrected chi connectivity index (χ3v) is 1.26. The Morgan fingerprint density at radius 1 is 1.42 bits per heavy atom. The highest BCUT2D eigenvalue weighted by Gasteiger charge is 1.88. The van der Waals surface area contributed by atoms with Crippen LogP contribution < -0.4 is 5.73 Å². The number of benzene rings is 1. The average Bonchev–Trinajstić information content (AvgIpc) is 1.94. The van der Waals surface area contributed by atoms with Crippen LogP contribution >= 0.6 is 12.6 Å². The van der Waals surface area contributed by atoms with Crippen molar-refractivity contribution in [2.75, 3.05) is 0 Å². The Bertz CT molecular complexity index is 240. The van der Waals surface area contributed by atoms with Gasteiger partial charge in [0.1, 0.15) is 5.75 Å². The van der Waals surface area contributed by atoms with Crippen molar-refractivity contribution in [1.82, 2.24) is 0 Å². The van der Waals surface area contributed by atoms with Crippen LogP contribution in [0.25, 0.3) is 0 Å². The fourth-order valence-electron chi connectivity index (χ4n) is 0.464. The number of carboxylic acid groups (broad SMARTS) is 1. The second kappa shape index (κ2) is 5.31. The van der Waals surface area contributed by atoms with E-state index in [9.17, 15) is 0 Å². The van der Waals surface area contributed by atoms with Crippen molar-refractivity contribution < 1.29 is 15.0 Å². The Labute approximate surface area is 75.0 Å². The van der Waals surface area contributed by atoms with Crippen LogP contribution in [0.3, 0.4) is 0 Å². The Morgan fingerprint density at radius 3 is 2.08 bits per heavy atom. The fourth-order valence-corrected chi connectivity index (χ4v) is 0.625. The second-order valence-corrected chi connectivity index (χ2v) is 2.31. The predicted molar refractivity (Wildman–Crippen MR) is 47.6 cm³/mol. The lowest BCUT2D eigenvalue weighted by Crippen LogP contribution is -2.03. The van der Waals surface area contributed by atoms with Gasteiger partial charge in [-0.05, 0) is 12.1 Å². The van der Waals surface area contributed by atoms with Gasteiger partial charge in [0, 0.05) is 4.90 Å². The van der Waals surface area contributed by atoms with Gasteiger partial charge in [-0.15, -0.1) is 12.6 Å². The summed E-state index contributed by atoms with van der Waals surface area (Å²) in [6, 6.07) is 6.91. The van der Waals surface area contributed by atoms with Crippen molar-refractivity contribution in [1.29, 1.82) is 0 Å². The smallest absolute Gasteiger partial charge is 0.402 e. The molecule has 0 bridgehead atoms. The van der Waals surface area contributed by atoms with Crippen molar-refractivity contribution in [3.8, 4) is 5.75 Å². The zero-order valence-corrected chi connectivity index (χ0v) is 7.03. The normalized spacial score (nSPS) is 8.08. The van der Waals surface area contributed by atoms with Crippen LogP contribution in [0.2, 0.25) is 0 Å². The highest BCUT2D eigenvalue weighted by atomic mass is 32.1. The van der Waals surface area contributed by atoms with E-state index in [2.05, 4.69) is 18.4 Å². The van der Waals surface area contributed by atoms with E-state index in [4.69, 9.17) is 15.0 Å². The molecule has 0 fully saturated rings. The number of carbonyl (C=O) groups is 1. The molecule has 0 saturated carbocycles. The van der Waals surface area contributed by atoms with Gasteiger partial charge >= 0.3 is 6.09 Å². The van der Waals surface area contributed by atoms with Gasteiger partial charge in [0.15, 0.2) is 0 Å². The number of primary amides is 1. The van der Waals surface area contributed by atoms with Crippen LogP contribution in [-0.4, -0.2) is 16.3 Å². The Balaban J connectivity index is 0.000000261. The number of hydrogen-bond donors (Lipinski definition) is 4. The molecule has 1 aromatic rings. The molecule has 1 amide bonds. The molecule has 0 aliphatic carbocycles. The molecule has 0 aliphatic heterocycles. The summed E-state index contributed by atoms with van der Waals surface area (Å²) in [6.45, 7) is 0. The molecule has 0 heterocycles. The number of rotatable bonds is 0. The van der Waals surface area contributed by atoms with Gasteiger partial charge < -0.3 is 15.9 Å². The lowest BCUT2D eigenvalue weighted by molar-refractivity contribution is 0.205. The number of thiol groups is 1. The summed E-state index contributed by atoms with van der Waals surface area (Å²) in [5.74, 6) is 0.232. The number of phenolic OH excluding ortho intramolecular Hbond substituents is 1. The van der Waals surface area contributed by atoms with E-state index in [1.165, 1.54) is 0 Å². The molecule has 4 nitrogen and oxygen atoms in total.